The van der Waals surface area contributed by atoms with E-state index in [-0.39, 0.29) is 5.91 Å². The molecule has 7 heteroatoms. The number of rotatable bonds is 2. The van der Waals surface area contributed by atoms with E-state index in [9.17, 15) is 4.79 Å². The van der Waals surface area contributed by atoms with Crippen molar-refractivity contribution in [3.05, 3.63) is 35.0 Å². The number of anilines is 2. The quantitative estimate of drug-likeness (QED) is 0.666. The van der Waals surface area contributed by atoms with Crippen LogP contribution in [-0.4, -0.2) is 21.1 Å². The van der Waals surface area contributed by atoms with Gasteiger partial charge in [0, 0.05) is 11.1 Å². The van der Waals surface area contributed by atoms with Crippen molar-refractivity contribution in [2.45, 2.75) is 6.92 Å². The van der Waals surface area contributed by atoms with Crippen molar-refractivity contribution in [1.29, 1.82) is 0 Å². The molecule has 96 valence electrons. The third-order valence-electron chi connectivity index (χ3n) is 2.72. The number of nitrogen functional groups attached to an aromatic ring is 1. The second-order valence-electron chi connectivity index (χ2n) is 4.09. The SMILES string of the molecule is Cc1nc(N)sc1C(=O)Nc1ccc2[nH]ncc2c1. The summed E-state index contributed by atoms with van der Waals surface area (Å²) in [4.78, 5) is 16.7. The second-order valence-corrected chi connectivity index (χ2v) is 5.12. The maximum atomic E-state index is 12.1. The summed E-state index contributed by atoms with van der Waals surface area (Å²) in [5.74, 6) is -0.199. The molecular weight excluding hydrogens is 262 g/mol. The molecule has 2 heterocycles. The van der Waals surface area contributed by atoms with Crippen LogP contribution in [0, 0.1) is 6.92 Å². The smallest absolute Gasteiger partial charge is 0.267 e. The first-order valence-electron chi connectivity index (χ1n) is 5.61. The number of carbonyl (C=O) groups is 1. The van der Waals surface area contributed by atoms with Crippen molar-refractivity contribution in [2.24, 2.45) is 0 Å². The molecule has 0 spiro atoms. The summed E-state index contributed by atoms with van der Waals surface area (Å²) in [5, 5.41) is 11.0. The van der Waals surface area contributed by atoms with Crippen molar-refractivity contribution in [3.63, 3.8) is 0 Å². The van der Waals surface area contributed by atoms with Crippen LogP contribution in [0.2, 0.25) is 0 Å². The van der Waals surface area contributed by atoms with Crippen LogP contribution in [0.3, 0.4) is 0 Å². The number of H-pyrrole nitrogens is 1. The Morgan fingerprint density at radius 1 is 1.47 bits per heavy atom. The number of hydrogen-bond acceptors (Lipinski definition) is 5. The van der Waals surface area contributed by atoms with Crippen LogP contribution in [0.15, 0.2) is 24.4 Å². The molecule has 0 saturated carbocycles. The minimum atomic E-state index is -0.199. The predicted octanol–water partition coefficient (Wildman–Crippen LogP) is 2.16. The van der Waals surface area contributed by atoms with E-state index in [0.29, 0.717) is 21.4 Å². The van der Waals surface area contributed by atoms with Gasteiger partial charge in [0.15, 0.2) is 5.13 Å². The fourth-order valence-corrected chi connectivity index (χ4v) is 2.57. The van der Waals surface area contributed by atoms with Crippen molar-refractivity contribution in [3.8, 4) is 0 Å². The first-order valence-corrected chi connectivity index (χ1v) is 6.42. The van der Waals surface area contributed by atoms with Crippen LogP contribution in [-0.2, 0) is 0 Å². The number of benzene rings is 1. The molecule has 0 aliphatic rings. The highest BCUT2D eigenvalue weighted by Crippen LogP contribution is 2.22. The van der Waals surface area contributed by atoms with Gasteiger partial charge in [0.2, 0.25) is 0 Å². The molecule has 0 fully saturated rings. The molecule has 0 bridgehead atoms. The highest BCUT2D eigenvalue weighted by Gasteiger charge is 2.14. The Morgan fingerprint density at radius 2 is 2.32 bits per heavy atom. The second kappa shape index (κ2) is 4.36. The van der Waals surface area contributed by atoms with E-state index >= 15 is 0 Å². The number of aromatic amines is 1. The summed E-state index contributed by atoms with van der Waals surface area (Å²) in [6.07, 6.45) is 1.71. The molecule has 0 aliphatic heterocycles. The molecule has 3 aromatic rings. The number of fused-ring (bicyclic) bond motifs is 1. The molecular formula is C12H11N5OS. The number of thiazole rings is 1. The van der Waals surface area contributed by atoms with Gasteiger partial charge in [-0.25, -0.2) is 4.98 Å². The lowest BCUT2D eigenvalue weighted by Gasteiger charge is -2.03. The van der Waals surface area contributed by atoms with Crippen LogP contribution < -0.4 is 11.1 Å². The molecule has 0 aliphatic carbocycles. The Balaban J connectivity index is 1.88. The standard InChI is InChI=1S/C12H11N5OS/c1-6-10(19-12(13)15-6)11(18)16-8-2-3-9-7(4-8)5-14-17-9/h2-5H,1H3,(H2,13,15)(H,14,17)(H,16,18). The summed E-state index contributed by atoms with van der Waals surface area (Å²) in [5.41, 5.74) is 7.87. The van der Waals surface area contributed by atoms with E-state index in [0.717, 1.165) is 10.9 Å². The van der Waals surface area contributed by atoms with Crippen LogP contribution >= 0.6 is 11.3 Å². The molecule has 0 saturated heterocycles. The zero-order chi connectivity index (χ0) is 13.4. The maximum Gasteiger partial charge on any atom is 0.267 e. The first kappa shape index (κ1) is 11.7. The monoisotopic (exact) mass is 273 g/mol. The van der Waals surface area contributed by atoms with E-state index in [1.54, 1.807) is 13.1 Å². The molecule has 4 N–H and O–H groups in total. The third kappa shape index (κ3) is 2.15. The van der Waals surface area contributed by atoms with Gasteiger partial charge in [0.25, 0.3) is 5.91 Å². The Bertz CT molecular complexity index is 760. The van der Waals surface area contributed by atoms with Gasteiger partial charge in [-0.2, -0.15) is 5.10 Å². The average molecular weight is 273 g/mol. The van der Waals surface area contributed by atoms with Crippen LogP contribution in [0.4, 0.5) is 10.8 Å². The Morgan fingerprint density at radius 3 is 3.05 bits per heavy atom. The lowest BCUT2D eigenvalue weighted by atomic mass is 10.2. The Kier molecular flexibility index (Phi) is 2.68. The molecule has 3 rings (SSSR count). The molecule has 0 radical (unpaired) electrons. The highest BCUT2D eigenvalue weighted by atomic mass is 32.1. The van der Waals surface area contributed by atoms with Crippen LogP contribution in [0.1, 0.15) is 15.4 Å². The maximum absolute atomic E-state index is 12.1. The number of nitrogens with two attached hydrogens (primary N) is 1. The number of carbonyl (C=O) groups excluding carboxylic acids is 1. The molecule has 0 atom stereocenters. The van der Waals surface area contributed by atoms with Crippen molar-refractivity contribution in [2.75, 3.05) is 11.1 Å². The van der Waals surface area contributed by atoms with Gasteiger partial charge in [0.05, 0.1) is 17.4 Å². The van der Waals surface area contributed by atoms with Gasteiger partial charge in [-0.1, -0.05) is 11.3 Å². The zero-order valence-corrected chi connectivity index (χ0v) is 10.9. The average Bonchev–Trinajstić information content (AvgIpc) is 2.94. The van der Waals surface area contributed by atoms with E-state index in [4.69, 9.17) is 5.73 Å². The number of amides is 1. The number of aromatic nitrogens is 3. The fourth-order valence-electron chi connectivity index (χ4n) is 1.84. The third-order valence-corrected chi connectivity index (χ3v) is 3.70. The molecule has 1 amide bonds. The van der Waals surface area contributed by atoms with Crippen molar-refractivity contribution < 1.29 is 4.79 Å². The molecule has 6 nitrogen and oxygen atoms in total. The summed E-state index contributed by atoms with van der Waals surface area (Å²) in [6.45, 7) is 1.76. The largest absolute Gasteiger partial charge is 0.375 e. The zero-order valence-electron chi connectivity index (χ0n) is 10.1. The first-order chi connectivity index (χ1) is 9.13. The summed E-state index contributed by atoms with van der Waals surface area (Å²) in [6, 6.07) is 5.54. The predicted molar refractivity (Wildman–Crippen MR) is 75.3 cm³/mol. The van der Waals surface area contributed by atoms with Gasteiger partial charge in [-0.15, -0.1) is 0 Å². The van der Waals surface area contributed by atoms with Gasteiger partial charge >= 0.3 is 0 Å². The Hall–Kier alpha value is -2.41. The lowest BCUT2D eigenvalue weighted by Crippen LogP contribution is -2.11. The van der Waals surface area contributed by atoms with Crippen molar-refractivity contribution in [1.82, 2.24) is 15.2 Å². The number of nitrogens with one attached hydrogen (secondary N) is 2. The molecule has 19 heavy (non-hydrogen) atoms. The normalized spacial score (nSPS) is 10.8. The fraction of sp³-hybridized carbons (Fsp3) is 0.0833. The van der Waals surface area contributed by atoms with Crippen LogP contribution in [0.25, 0.3) is 10.9 Å². The van der Waals surface area contributed by atoms with Gasteiger partial charge in [-0.3, -0.25) is 9.89 Å². The van der Waals surface area contributed by atoms with E-state index < -0.39 is 0 Å². The van der Waals surface area contributed by atoms with E-state index in [1.807, 2.05) is 18.2 Å². The Labute approximate surface area is 112 Å². The van der Waals surface area contributed by atoms with Gasteiger partial charge in [-0.05, 0) is 25.1 Å². The van der Waals surface area contributed by atoms with Gasteiger partial charge < -0.3 is 11.1 Å². The summed E-state index contributed by atoms with van der Waals surface area (Å²) >= 11 is 1.18. The molecule has 0 unspecified atom stereocenters. The number of nitrogens with zero attached hydrogens (tertiary/aromatic N) is 2. The van der Waals surface area contributed by atoms with E-state index in [2.05, 4.69) is 20.5 Å². The minimum absolute atomic E-state index is 0.199. The minimum Gasteiger partial charge on any atom is -0.375 e. The summed E-state index contributed by atoms with van der Waals surface area (Å²) in [7, 11) is 0. The molecule has 2 aromatic heterocycles. The van der Waals surface area contributed by atoms with Crippen molar-refractivity contribution >= 4 is 39.0 Å². The van der Waals surface area contributed by atoms with Crippen LogP contribution in [0.5, 0.6) is 0 Å². The lowest BCUT2D eigenvalue weighted by molar-refractivity contribution is 0.103. The molecule has 1 aromatic carbocycles. The summed E-state index contributed by atoms with van der Waals surface area (Å²) < 4.78 is 0. The number of aryl methyl sites for hydroxylation is 1. The topological polar surface area (TPSA) is 96.7 Å². The number of hydrogen-bond donors (Lipinski definition) is 3. The van der Waals surface area contributed by atoms with Gasteiger partial charge in [0.1, 0.15) is 4.88 Å². The highest BCUT2D eigenvalue weighted by molar-refractivity contribution is 7.17. The van der Waals surface area contributed by atoms with E-state index in [1.165, 1.54) is 11.3 Å².